The smallest absolute Gasteiger partial charge is 0.488 e. The average Bonchev–Trinajstić information content (AvgIpc) is 2.76. The monoisotopic (exact) mass is 288 g/mol. The van der Waals surface area contributed by atoms with Gasteiger partial charge >= 0.3 is 7.12 Å². The zero-order valence-electron chi connectivity index (χ0n) is 13.1. The van der Waals surface area contributed by atoms with Crippen LogP contribution in [0.5, 0.6) is 5.75 Å². The second kappa shape index (κ2) is 5.66. The highest BCUT2D eigenvalue weighted by Gasteiger charge is 2.35. The van der Waals surface area contributed by atoms with Crippen LogP contribution >= 0.6 is 0 Å². The molecular formula is C17H25BO3. The van der Waals surface area contributed by atoms with Gasteiger partial charge in [0.25, 0.3) is 0 Å². The van der Waals surface area contributed by atoms with E-state index in [0.717, 1.165) is 23.3 Å². The maximum atomic E-state index is 9.57. The molecule has 114 valence electrons. The van der Waals surface area contributed by atoms with E-state index in [9.17, 15) is 10.0 Å². The van der Waals surface area contributed by atoms with Gasteiger partial charge in [0.15, 0.2) is 0 Å². The summed E-state index contributed by atoms with van der Waals surface area (Å²) in [6, 6.07) is 3.83. The van der Waals surface area contributed by atoms with Crippen LogP contribution in [0, 0.1) is 5.92 Å². The SMILES string of the molecule is CC1(C)COc2c(CC3CCCCC3)cc(B(O)O)cc21. The standard InChI is InChI=1S/C17H25BO3/c1-17(2)11-21-16-13(8-12-6-4-3-5-7-12)9-14(18(19)20)10-15(16)17/h9-10,12,19-20H,3-8,11H2,1-2H3. The molecule has 1 saturated carbocycles. The summed E-state index contributed by atoms with van der Waals surface area (Å²) in [4.78, 5) is 0. The Labute approximate surface area is 127 Å². The molecule has 21 heavy (non-hydrogen) atoms. The third kappa shape index (κ3) is 2.97. The number of hydrogen-bond donors (Lipinski definition) is 2. The summed E-state index contributed by atoms with van der Waals surface area (Å²) in [5.41, 5.74) is 2.83. The van der Waals surface area contributed by atoms with Crippen LogP contribution in [0.2, 0.25) is 0 Å². The Kier molecular flexibility index (Phi) is 4.02. The van der Waals surface area contributed by atoms with E-state index in [0.29, 0.717) is 18.0 Å². The zero-order valence-corrected chi connectivity index (χ0v) is 13.1. The van der Waals surface area contributed by atoms with Gasteiger partial charge in [-0.2, -0.15) is 0 Å². The molecular weight excluding hydrogens is 263 g/mol. The Balaban J connectivity index is 1.95. The van der Waals surface area contributed by atoms with E-state index in [-0.39, 0.29) is 5.41 Å². The number of hydrogen-bond acceptors (Lipinski definition) is 3. The van der Waals surface area contributed by atoms with Crippen LogP contribution in [-0.2, 0) is 11.8 Å². The van der Waals surface area contributed by atoms with Crippen LogP contribution in [0.3, 0.4) is 0 Å². The Morgan fingerprint density at radius 2 is 1.90 bits per heavy atom. The molecule has 1 aliphatic heterocycles. The Morgan fingerprint density at radius 1 is 1.19 bits per heavy atom. The molecule has 1 aromatic carbocycles. The van der Waals surface area contributed by atoms with Crippen molar-refractivity contribution in [3.63, 3.8) is 0 Å². The number of benzene rings is 1. The van der Waals surface area contributed by atoms with Crippen molar-refractivity contribution in [2.24, 2.45) is 5.92 Å². The summed E-state index contributed by atoms with van der Waals surface area (Å²) < 4.78 is 5.96. The predicted molar refractivity (Wildman–Crippen MR) is 85.1 cm³/mol. The summed E-state index contributed by atoms with van der Waals surface area (Å²) in [7, 11) is -1.41. The van der Waals surface area contributed by atoms with Gasteiger partial charge in [-0.15, -0.1) is 0 Å². The van der Waals surface area contributed by atoms with E-state index in [1.54, 1.807) is 0 Å². The van der Waals surface area contributed by atoms with E-state index < -0.39 is 7.12 Å². The molecule has 0 aromatic heterocycles. The third-order valence-electron chi connectivity index (χ3n) is 5.03. The van der Waals surface area contributed by atoms with Gasteiger partial charge in [0.05, 0.1) is 6.61 Å². The first-order valence-electron chi connectivity index (χ1n) is 8.13. The third-order valence-corrected chi connectivity index (χ3v) is 5.03. The van der Waals surface area contributed by atoms with Gasteiger partial charge in [0, 0.05) is 11.0 Å². The summed E-state index contributed by atoms with van der Waals surface area (Å²) in [6.45, 7) is 4.97. The van der Waals surface area contributed by atoms with Crippen LogP contribution in [0.1, 0.15) is 57.1 Å². The molecule has 0 unspecified atom stereocenters. The van der Waals surface area contributed by atoms with Crippen LogP contribution in [0.4, 0.5) is 0 Å². The number of rotatable bonds is 3. The lowest BCUT2D eigenvalue weighted by Gasteiger charge is -2.23. The number of ether oxygens (including phenoxy) is 1. The zero-order chi connectivity index (χ0) is 15.0. The van der Waals surface area contributed by atoms with Crippen molar-refractivity contribution in [2.75, 3.05) is 6.61 Å². The summed E-state index contributed by atoms with van der Waals surface area (Å²) in [6.07, 6.45) is 7.56. The van der Waals surface area contributed by atoms with Crippen molar-refractivity contribution in [1.82, 2.24) is 0 Å². The van der Waals surface area contributed by atoms with Gasteiger partial charge in [0.1, 0.15) is 5.75 Å². The first-order chi connectivity index (χ1) is 9.97. The van der Waals surface area contributed by atoms with Crippen LogP contribution < -0.4 is 10.2 Å². The lowest BCUT2D eigenvalue weighted by atomic mass is 9.74. The summed E-state index contributed by atoms with van der Waals surface area (Å²) in [5.74, 6) is 1.70. The Hall–Kier alpha value is -0.995. The molecule has 0 radical (unpaired) electrons. The van der Waals surface area contributed by atoms with Gasteiger partial charge in [-0.25, -0.2) is 0 Å². The van der Waals surface area contributed by atoms with Crippen molar-refractivity contribution in [2.45, 2.75) is 57.8 Å². The molecule has 0 amide bonds. The molecule has 3 nitrogen and oxygen atoms in total. The first kappa shape index (κ1) is 14.9. The molecule has 0 atom stereocenters. The minimum Gasteiger partial charge on any atom is -0.492 e. The highest BCUT2D eigenvalue weighted by Crippen LogP contribution is 2.41. The second-order valence-electron chi connectivity index (χ2n) is 7.31. The molecule has 0 spiro atoms. The molecule has 2 aliphatic rings. The fraction of sp³-hybridized carbons (Fsp3) is 0.647. The topological polar surface area (TPSA) is 49.7 Å². The van der Waals surface area contributed by atoms with Crippen molar-refractivity contribution < 1.29 is 14.8 Å². The fourth-order valence-corrected chi connectivity index (χ4v) is 3.72. The predicted octanol–water partition coefficient (Wildman–Crippen LogP) is 2.16. The first-order valence-corrected chi connectivity index (χ1v) is 8.13. The molecule has 1 fully saturated rings. The minimum absolute atomic E-state index is 0.0540. The normalized spacial score (nSPS) is 21.0. The van der Waals surface area contributed by atoms with Crippen LogP contribution in [-0.4, -0.2) is 23.8 Å². The van der Waals surface area contributed by atoms with Crippen LogP contribution in [0.25, 0.3) is 0 Å². The quantitative estimate of drug-likeness (QED) is 0.838. The van der Waals surface area contributed by atoms with Gasteiger partial charge < -0.3 is 14.8 Å². The molecule has 0 bridgehead atoms. The van der Waals surface area contributed by atoms with Crippen molar-refractivity contribution in [3.05, 3.63) is 23.3 Å². The minimum atomic E-state index is -1.41. The molecule has 4 heteroatoms. The lowest BCUT2D eigenvalue weighted by molar-refractivity contribution is 0.286. The van der Waals surface area contributed by atoms with Crippen molar-refractivity contribution in [3.8, 4) is 5.75 Å². The molecule has 3 rings (SSSR count). The van der Waals surface area contributed by atoms with E-state index in [4.69, 9.17) is 4.74 Å². The van der Waals surface area contributed by atoms with Gasteiger partial charge in [0.2, 0.25) is 0 Å². The largest absolute Gasteiger partial charge is 0.492 e. The lowest BCUT2D eigenvalue weighted by Crippen LogP contribution is -2.32. The maximum absolute atomic E-state index is 9.57. The molecule has 1 aromatic rings. The van der Waals surface area contributed by atoms with Crippen molar-refractivity contribution in [1.29, 1.82) is 0 Å². The second-order valence-corrected chi connectivity index (χ2v) is 7.31. The average molecular weight is 288 g/mol. The molecule has 1 heterocycles. The molecule has 0 saturated heterocycles. The van der Waals surface area contributed by atoms with E-state index >= 15 is 0 Å². The van der Waals surface area contributed by atoms with Gasteiger partial charge in [-0.1, -0.05) is 58.1 Å². The Morgan fingerprint density at radius 3 is 2.57 bits per heavy atom. The highest BCUT2D eigenvalue weighted by molar-refractivity contribution is 6.58. The van der Waals surface area contributed by atoms with Gasteiger partial charge in [-0.3, -0.25) is 0 Å². The Bertz CT molecular complexity index is 519. The van der Waals surface area contributed by atoms with E-state index in [1.165, 1.54) is 32.1 Å². The summed E-state index contributed by atoms with van der Waals surface area (Å²) >= 11 is 0. The molecule has 2 N–H and O–H groups in total. The van der Waals surface area contributed by atoms with Crippen LogP contribution in [0.15, 0.2) is 12.1 Å². The number of fused-ring (bicyclic) bond motifs is 1. The van der Waals surface area contributed by atoms with Crippen molar-refractivity contribution >= 4 is 12.6 Å². The van der Waals surface area contributed by atoms with E-state index in [2.05, 4.69) is 13.8 Å². The summed E-state index contributed by atoms with van der Waals surface area (Å²) in [5, 5.41) is 19.1. The van der Waals surface area contributed by atoms with Gasteiger partial charge in [-0.05, 0) is 23.4 Å². The maximum Gasteiger partial charge on any atom is 0.488 e. The fourth-order valence-electron chi connectivity index (χ4n) is 3.72. The van der Waals surface area contributed by atoms with E-state index in [1.807, 2.05) is 12.1 Å². The highest BCUT2D eigenvalue weighted by atomic mass is 16.5. The molecule has 1 aliphatic carbocycles.